The molecule has 0 aliphatic rings. The van der Waals surface area contributed by atoms with E-state index in [0.29, 0.717) is 22.6 Å². The van der Waals surface area contributed by atoms with Crippen molar-refractivity contribution in [2.24, 2.45) is 10.2 Å². The molecule has 0 radical (unpaired) electrons. The van der Waals surface area contributed by atoms with Crippen molar-refractivity contribution < 1.29 is 26.8 Å². The number of aromatic nitrogens is 1. The van der Waals surface area contributed by atoms with Crippen LogP contribution in [0.1, 0.15) is 6.42 Å². The number of alkyl halides is 1. The summed E-state index contributed by atoms with van der Waals surface area (Å²) in [7, 11) is 5.72. The normalized spacial score (nSPS) is 11.8. The summed E-state index contributed by atoms with van der Waals surface area (Å²) in [6.07, 6.45) is 0.727. The molecule has 0 unspecified atom stereocenters. The summed E-state index contributed by atoms with van der Waals surface area (Å²) in [5.41, 5.74) is 1.17. The van der Waals surface area contributed by atoms with E-state index in [9.17, 15) is 9.90 Å². The van der Waals surface area contributed by atoms with Gasteiger partial charge in [0.15, 0.2) is 12.2 Å². The van der Waals surface area contributed by atoms with E-state index in [0.717, 1.165) is 17.3 Å². The largest absolute Gasteiger partial charge is 1.00 e. The lowest BCUT2D eigenvalue weighted by molar-refractivity contribution is -0.862. The van der Waals surface area contributed by atoms with Crippen LogP contribution < -0.4 is 12.4 Å². The van der Waals surface area contributed by atoms with E-state index in [4.69, 9.17) is 11.6 Å². The van der Waals surface area contributed by atoms with Crippen LogP contribution >= 0.6 is 11.6 Å². The van der Waals surface area contributed by atoms with E-state index in [-0.39, 0.29) is 30.7 Å². The Kier molecular flexibility index (Phi) is 7.20. The van der Waals surface area contributed by atoms with Gasteiger partial charge in [-0.1, -0.05) is 18.2 Å². The smallest absolute Gasteiger partial charge is 0.319 e. The number of carbonyl (C=O) groups is 1. The summed E-state index contributed by atoms with van der Waals surface area (Å²) in [5.74, 6) is 0.192. The zero-order valence-electron chi connectivity index (χ0n) is 14.0. The maximum atomic E-state index is 11.9. The fourth-order valence-corrected chi connectivity index (χ4v) is 2.48. The Labute approximate surface area is 152 Å². The maximum absolute atomic E-state index is 11.9. The van der Waals surface area contributed by atoms with Crippen molar-refractivity contribution in [3.63, 3.8) is 0 Å². The lowest BCUT2D eigenvalue weighted by Crippen LogP contribution is -3.00. The number of quaternary nitrogens is 1. The van der Waals surface area contributed by atoms with Crippen molar-refractivity contribution in [1.82, 2.24) is 4.57 Å². The van der Waals surface area contributed by atoms with Gasteiger partial charge in [-0.3, -0.25) is 4.79 Å². The molecule has 2 aromatic rings. The molecule has 132 valence electrons. The zero-order chi connectivity index (χ0) is 17.0. The minimum absolute atomic E-state index is 0. The number of amides is 1. The van der Waals surface area contributed by atoms with Crippen LogP contribution in [-0.4, -0.2) is 53.6 Å². The van der Waals surface area contributed by atoms with Gasteiger partial charge in [0.2, 0.25) is 5.88 Å². The van der Waals surface area contributed by atoms with Gasteiger partial charge in [-0.05, 0) is 12.5 Å². The first-order valence-electron chi connectivity index (χ1n) is 7.44. The Morgan fingerprint density at radius 2 is 1.96 bits per heavy atom. The highest BCUT2D eigenvalue weighted by atomic mass is 35.5. The summed E-state index contributed by atoms with van der Waals surface area (Å²) in [5, 5.41) is 19.0. The average molecular weight is 373 g/mol. The van der Waals surface area contributed by atoms with Crippen LogP contribution in [-0.2, 0) is 11.3 Å². The number of hydrogen-bond donors (Lipinski definition) is 1. The van der Waals surface area contributed by atoms with E-state index in [2.05, 4.69) is 10.2 Å². The van der Waals surface area contributed by atoms with E-state index < -0.39 is 0 Å². The number of rotatable bonds is 6. The first-order valence-corrected chi connectivity index (χ1v) is 7.98. The van der Waals surface area contributed by atoms with Crippen LogP contribution in [0.3, 0.4) is 0 Å². The molecule has 1 heterocycles. The molecule has 1 aromatic carbocycles. The van der Waals surface area contributed by atoms with Gasteiger partial charge in [-0.2, -0.15) is 0 Å². The average Bonchev–Trinajstić information content (AvgIpc) is 2.73. The standard InChI is InChI=1S/C16H21ClN4O2.ClH/c1-21(2,3)11-14(22)18-19-15-12-7-4-5-8-13(12)20(16(15)23)10-6-9-17;/h4-5,7-8H,6,9-11H2,1-3H3;1H. The predicted octanol–water partition coefficient (Wildman–Crippen LogP) is 0.296. The van der Waals surface area contributed by atoms with E-state index in [1.807, 2.05) is 45.4 Å². The third-order valence-electron chi connectivity index (χ3n) is 3.30. The Hall–Kier alpha value is -1.63. The van der Waals surface area contributed by atoms with Crippen molar-refractivity contribution in [3.05, 3.63) is 24.3 Å². The lowest BCUT2D eigenvalue weighted by Gasteiger charge is -2.20. The summed E-state index contributed by atoms with van der Waals surface area (Å²) in [6.45, 7) is 0.827. The molecule has 24 heavy (non-hydrogen) atoms. The Morgan fingerprint density at radius 3 is 2.58 bits per heavy atom. The summed E-state index contributed by atoms with van der Waals surface area (Å²) in [6, 6.07) is 7.50. The van der Waals surface area contributed by atoms with Gasteiger partial charge in [-0.25, -0.2) is 0 Å². The highest BCUT2D eigenvalue weighted by molar-refractivity contribution is 6.17. The van der Waals surface area contributed by atoms with Crippen molar-refractivity contribution in [2.45, 2.75) is 13.0 Å². The molecular formula is C16H22Cl2N4O2. The number of hydrogen-bond acceptors (Lipinski definition) is 3. The highest BCUT2D eigenvalue weighted by Gasteiger charge is 2.18. The van der Waals surface area contributed by atoms with Gasteiger partial charge in [-0.15, -0.1) is 21.8 Å². The van der Waals surface area contributed by atoms with Crippen molar-refractivity contribution in [3.8, 4) is 5.88 Å². The maximum Gasteiger partial charge on any atom is 0.319 e. The highest BCUT2D eigenvalue weighted by Crippen LogP contribution is 2.38. The third-order valence-corrected chi connectivity index (χ3v) is 3.57. The van der Waals surface area contributed by atoms with Gasteiger partial charge in [0.1, 0.15) is 0 Å². The minimum Gasteiger partial charge on any atom is -1.00 e. The van der Waals surface area contributed by atoms with Crippen molar-refractivity contribution >= 4 is 34.1 Å². The molecule has 0 bridgehead atoms. The monoisotopic (exact) mass is 372 g/mol. The Morgan fingerprint density at radius 1 is 1.29 bits per heavy atom. The molecule has 1 aromatic heterocycles. The fraction of sp³-hybridized carbons (Fsp3) is 0.438. The first kappa shape index (κ1) is 20.4. The van der Waals surface area contributed by atoms with Crippen LogP contribution in [0.4, 0.5) is 5.69 Å². The Balaban J connectivity index is 0.00000288. The molecule has 0 saturated carbocycles. The predicted molar refractivity (Wildman–Crippen MR) is 91.4 cm³/mol. The number of aromatic hydroxyl groups is 1. The molecule has 1 N–H and O–H groups in total. The fourth-order valence-electron chi connectivity index (χ4n) is 2.36. The molecule has 1 amide bonds. The molecular weight excluding hydrogens is 351 g/mol. The second kappa shape index (κ2) is 8.46. The number of benzene rings is 1. The SMILES string of the molecule is C[N+](C)(C)CC(=O)N=Nc1c(O)n(CCCCl)c2ccccc12.[Cl-]. The molecule has 0 atom stereocenters. The number of carbonyl (C=O) groups excluding carboxylic acids is 1. The molecule has 0 saturated heterocycles. The topological polar surface area (TPSA) is 66.9 Å². The lowest BCUT2D eigenvalue weighted by atomic mass is 10.2. The third kappa shape index (κ3) is 4.93. The van der Waals surface area contributed by atoms with E-state index >= 15 is 0 Å². The number of nitrogens with zero attached hydrogens (tertiary/aromatic N) is 4. The van der Waals surface area contributed by atoms with Gasteiger partial charge in [0.05, 0.1) is 26.7 Å². The number of aryl methyl sites for hydroxylation is 1. The second-order valence-corrected chi connectivity index (χ2v) is 6.80. The van der Waals surface area contributed by atoms with Crippen molar-refractivity contribution in [2.75, 3.05) is 33.6 Å². The number of likely N-dealkylation sites (N-methyl/N-ethyl adjacent to an activating group) is 1. The van der Waals surface area contributed by atoms with Crippen LogP contribution in [0, 0.1) is 0 Å². The van der Waals surface area contributed by atoms with Crippen LogP contribution in [0.25, 0.3) is 10.9 Å². The minimum atomic E-state index is -0.325. The van der Waals surface area contributed by atoms with Crippen molar-refractivity contribution in [1.29, 1.82) is 0 Å². The second-order valence-electron chi connectivity index (χ2n) is 6.43. The summed E-state index contributed by atoms with van der Waals surface area (Å²) < 4.78 is 2.22. The summed E-state index contributed by atoms with van der Waals surface area (Å²) >= 11 is 5.74. The number of fused-ring (bicyclic) bond motifs is 1. The van der Waals surface area contributed by atoms with Crippen LogP contribution in [0.15, 0.2) is 34.5 Å². The molecule has 0 aliphatic carbocycles. The molecule has 0 aliphatic heterocycles. The van der Waals surface area contributed by atoms with Crippen LogP contribution in [0.5, 0.6) is 5.88 Å². The number of para-hydroxylation sites is 1. The Bertz CT molecular complexity index is 735. The summed E-state index contributed by atoms with van der Waals surface area (Å²) in [4.78, 5) is 11.9. The molecule has 2 rings (SSSR count). The van der Waals surface area contributed by atoms with Crippen LogP contribution in [0.2, 0.25) is 0 Å². The quantitative estimate of drug-likeness (QED) is 0.450. The number of halogens is 2. The zero-order valence-corrected chi connectivity index (χ0v) is 15.5. The number of azo groups is 1. The van der Waals surface area contributed by atoms with E-state index in [1.54, 1.807) is 4.57 Å². The molecule has 8 heteroatoms. The molecule has 0 fully saturated rings. The first-order chi connectivity index (χ1) is 10.8. The van der Waals surface area contributed by atoms with E-state index in [1.165, 1.54) is 0 Å². The van der Waals surface area contributed by atoms with Gasteiger partial charge in [0, 0.05) is 17.8 Å². The van der Waals surface area contributed by atoms with Gasteiger partial charge >= 0.3 is 5.91 Å². The molecule has 0 spiro atoms. The van der Waals surface area contributed by atoms with Gasteiger partial charge in [0.25, 0.3) is 0 Å². The molecule has 6 nitrogen and oxygen atoms in total. The van der Waals surface area contributed by atoms with Gasteiger partial charge < -0.3 is 26.6 Å².